The number of rotatable bonds is 0. The molecule has 24 heavy (non-hydrogen) atoms. The summed E-state index contributed by atoms with van der Waals surface area (Å²) in [5.41, 5.74) is 3.73. The zero-order valence-electron chi connectivity index (χ0n) is 14.3. The molecule has 4 heteroatoms. The van der Waals surface area contributed by atoms with E-state index >= 15 is 0 Å². The second-order valence-electron chi connectivity index (χ2n) is 8.07. The molecule has 1 saturated carbocycles. The summed E-state index contributed by atoms with van der Waals surface area (Å²) in [5.74, 6) is 0.268. The summed E-state index contributed by atoms with van der Waals surface area (Å²) in [6.45, 7) is 2.55. The first-order chi connectivity index (χ1) is 11.7. The lowest BCUT2D eigenvalue weighted by Crippen LogP contribution is -2.63. The van der Waals surface area contributed by atoms with Crippen molar-refractivity contribution in [2.75, 3.05) is 26.8 Å². The van der Waals surface area contributed by atoms with Crippen LogP contribution in [0.1, 0.15) is 42.4 Å². The first kappa shape index (κ1) is 14.9. The van der Waals surface area contributed by atoms with E-state index in [2.05, 4.69) is 30.1 Å². The van der Waals surface area contributed by atoms with Gasteiger partial charge in [0.2, 0.25) is 0 Å². The molecule has 1 aromatic carbocycles. The van der Waals surface area contributed by atoms with Gasteiger partial charge in [0.15, 0.2) is 5.79 Å². The van der Waals surface area contributed by atoms with E-state index in [9.17, 15) is 5.26 Å². The number of hydrogen-bond acceptors (Lipinski definition) is 4. The van der Waals surface area contributed by atoms with Crippen molar-refractivity contribution in [3.05, 3.63) is 34.9 Å². The van der Waals surface area contributed by atoms with Crippen LogP contribution in [0.3, 0.4) is 0 Å². The summed E-state index contributed by atoms with van der Waals surface area (Å²) >= 11 is 0. The summed E-state index contributed by atoms with van der Waals surface area (Å²) in [5, 5.41) is 9.40. The van der Waals surface area contributed by atoms with Gasteiger partial charge in [-0.15, -0.1) is 0 Å². The van der Waals surface area contributed by atoms with E-state index in [-0.39, 0.29) is 11.2 Å². The van der Waals surface area contributed by atoms with Gasteiger partial charge in [0.05, 0.1) is 24.8 Å². The van der Waals surface area contributed by atoms with Crippen LogP contribution in [0.15, 0.2) is 18.2 Å². The van der Waals surface area contributed by atoms with Crippen LogP contribution >= 0.6 is 0 Å². The molecule has 3 unspecified atom stereocenters. The second-order valence-corrected chi connectivity index (χ2v) is 8.07. The number of benzene rings is 1. The fourth-order valence-corrected chi connectivity index (χ4v) is 6.02. The molecule has 2 aliphatic carbocycles. The number of nitriles is 1. The standard InChI is InChI=1S/C20H24N2O2/c1-22-7-6-19-13-20(23-8-9-24-20)5-4-16(19)18(22)11-15-3-2-14(12-21)10-17(15)19/h2-3,10,16,18H,4-9,11,13H2,1H3. The van der Waals surface area contributed by atoms with Gasteiger partial charge in [-0.05, 0) is 62.0 Å². The number of ether oxygens (including phenoxy) is 2. The van der Waals surface area contributed by atoms with Crippen molar-refractivity contribution in [3.63, 3.8) is 0 Å². The Balaban J connectivity index is 1.67. The molecule has 3 atom stereocenters. The van der Waals surface area contributed by atoms with Crippen LogP contribution in [-0.2, 0) is 21.3 Å². The Labute approximate surface area is 143 Å². The van der Waals surface area contributed by atoms with E-state index in [1.807, 2.05) is 6.07 Å². The summed E-state index contributed by atoms with van der Waals surface area (Å²) in [7, 11) is 2.27. The Morgan fingerprint density at radius 2 is 2.08 bits per heavy atom. The number of likely N-dealkylation sites (tertiary alicyclic amines) is 1. The van der Waals surface area contributed by atoms with Crippen molar-refractivity contribution in [1.29, 1.82) is 5.26 Å². The Hall–Kier alpha value is -1.41. The number of likely N-dealkylation sites (N-methyl/N-ethyl adjacent to an activating group) is 1. The molecule has 1 aromatic rings. The van der Waals surface area contributed by atoms with Crippen molar-refractivity contribution in [2.24, 2.45) is 5.92 Å². The Morgan fingerprint density at radius 1 is 1.25 bits per heavy atom. The molecule has 2 saturated heterocycles. The summed E-state index contributed by atoms with van der Waals surface area (Å²) in [4.78, 5) is 2.55. The third-order valence-electron chi connectivity index (χ3n) is 7.09. The van der Waals surface area contributed by atoms with E-state index in [1.165, 1.54) is 11.1 Å². The molecular weight excluding hydrogens is 300 g/mol. The predicted octanol–water partition coefficient (Wildman–Crippen LogP) is 2.60. The molecule has 3 fully saturated rings. The molecule has 5 rings (SSSR count). The van der Waals surface area contributed by atoms with E-state index in [4.69, 9.17) is 9.47 Å². The van der Waals surface area contributed by atoms with E-state index in [0.29, 0.717) is 12.0 Å². The predicted molar refractivity (Wildman–Crippen MR) is 89.6 cm³/mol. The minimum Gasteiger partial charge on any atom is -0.348 e. The highest BCUT2D eigenvalue weighted by Crippen LogP contribution is 2.59. The van der Waals surface area contributed by atoms with Crippen LogP contribution < -0.4 is 0 Å². The number of fused-ring (bicyclic) bond motifs is 1. The van der Waals surface area contributed by atoms with Gasteiger partial charge < -0.3 is 14.4 Å². The molecular formula is C20H24N2O2. The van der Waals surface area contributed by atoms with Gasteiger partial charge in [0, 0.05) is 24.3 Å². The first-order valence-corrected chi connectivity index (χ1v) is 9.18. The summed E-state index contributed by atoms with van der Waals surface area (Å²) < 4.78 is 12.2. The first-order valence-electron chi connectivity index (χ1n) is 9.18. The molecule has 2 heterocycles. The second kappa shape index (κ2) is 5.05. The maximum absolute atomic E-state index is 9.40. The molecule has 2 aliphatic heterocycles. The van der Waals surface area contributed by atoms with Gasteiger partial charge >= 0.3 is 0 Å². The van der Waals surface area contributed by atoms with Crippen LogP contribution in [0.2, 0.25) is 0 Å². The van der Waals surface area contributed by atoms with E-state index < -0.39 is 0 Å². The lowest BCUT2D eigenvalue weighted by Gasteiger charge is -2.60. The van der Waals surface area contributed by atoms with Gasteiger partial charge in [0.25, 0.3) is 0 Å². The SMILES string of the molecule is CN1CCC23CC4(CCC2C1Cc1ccc(C#N)cc13)OCCO4. The topological polar surface area (TPSA) is 45.5 Å². The smallest absolute Gasteiger partial charge is 0.169 e. The van der Waals surface area contributed by atoms with E-state index in [1.54, 1.807) is 0 Å². The van der Waals surface area contributed by atoms with Crippen LogP contribution in [0.4, 0.5) is 0 Å². The molecule has 0 amide bonds. The van der Waals surface area contributed by atoms with Gasteiger partial charge in [-0.1, -0.05) is 6.07 Å². The fourth-order valence-electron chi connectivity index (χ4n) is 6.02. The van der Waals surface area contributed by atoms with Crippen molar-refractivity contribution < 1.29 is 9.47 Å². The van der Waals surface area contributed by atoms with Gasteiger partial charge in [-0.2, -0.15) is 5.26 Å². The average Bonchev–Trinajstić information content (AvgIpc) is 3.05. The maximum atomic E-state index is 9.40. The highest BCUT2D eigenvalue weighted by Gasteiger charge is 2.60. The highest BCUT2D eigenvalue weighted by molar-refractivity contribution is 5.47. The van der Waals surface area contributed by atoms with Gasteiger partial charge in [-0.3, -0.25) is 0 Å². The van der Waals surface area contributed by atoms with Crippen molar-refractivity contribution in [1.82, 2.24) is 4.90 Å². The largest absolute Gasteiger partial charge is 0.348 e. The van der Waals surface area contributed by atoms with Crippen LogP contribution in [0, 0.1) is 17.2 Å². The van der Waals surface area contributed by atoms with Crippen molar-refractivity contribution in [2.45, 2.75) is 49.3 Å². The zero-order valence-corrected chi connectivity index (χ0v) is 14.3. The molecule has 0 N–H and O–H groups in total. The normalized spacial score (nSPS) is 36.8. The minimum absolute atomic E-state index is 0.111. The summed E-state index contributed by atoms with van der Waals surface area (Å²) in [6, 6.07) is 9.28. The molecule has 2 bridgehead atoms. The Kier molecular flexibility index (Phi) is 3.13. The van der Waals surface area contributed by atoms with Crippen LogP contribution in [-0.4, -0.2) is 43.5 Å². The van der Waals surface area contributed by atoms with Gasteiger partial charge in [0.1, 0.15) is 0 Å². The lowest BCUT2D eigenvalue weighted by molar-refractivity contribution is -0.212. The van der Waals surface area contributed by atoms with Gasteiger partial charge in [-0.25, -0.2) is 0 Å². The number of hydrogen-bond donors (Lipinski definition) is 0. The van der Waals surface area contributed by atoms with E-state index in [0.717, 1.165) is 57.4 Å². The molecule has 4 aliphatic rings. The zero-order chi connectivity index (χ0) is 16.4. The average molecular weight is 324 g/mol. The molecule has 0 radical (unpaired) electrons. The third kappa shape index (κ3) is 1.89. The fraction of sp³-hybridized carbons (Fsp3) is 0.650. The monoisotopic (exact) mass is 324 g/mol. The molecule has 126 valence electrons. The Morgan fingerprint density at radius 3 is 2.88 bits per heavy atom. The molecule has 1 spiro atoms. The third-order valence-corrected chi connectivity index (χ3v) is 7.09. The number of piperidine rings is 1. The van der Waals surface area contributed by atoms with Crippen LogP contribution in [0.5, 0.6) is 0 Å². The molecule has 0 aromatic heterocycles. The van der Waals surface area contributed by atoms with Crippen molar-refractivity contribution in [3.8, 4) is 6.07 Å². The minimum atomic E-state index is -0.381. The quantitative estimate of drug-likeness (QED) is 0.736. The lowest BCUT2D eigenvalue weighted by atomic mass is 9.51. The Bertz CT molecular complexity index is 719. The van der Waals surface area contributed by atoms with Crippen LogP contribution in [0.25, 0.3) is 0 Å². The summed E-state index contributed by atoms with van der Waals surface area (Å²) in [6.07, 6.45) is 5.37. The molecule has 4 nitrogen and oxygen atoms in total. The van der Waals surface area contributed by atoms with Crippen molar-refractivity contribution >= 4 is 0 Å². The maximum Gasteiger partial charge on any atom is 0.169 e. The highest BCUT2D eigenvalue weighted by atomic mass is 16.7. The number of nitrogens with zero attached hydrogens (tertiary/aromatic N) is 2.